The number of nitrogens with zero attached hydrogens (tertiary/aromatic N) is 1. The molecule has 21 heavy (non-hydrogen) atoms. The van der Waals surface area contributed by atoms with E-state index in [9.17, 15) is 14.7 Å². The van der Waals surface area contributed by atoms with E-state index >= 15 is 0 Å². The van der Waals surface area contributed by atoms with Gasteiger partial charge in [0.1, 0.15) is 0 Å². The summed E-state index contributed by atoms with van der Waals surface area (Å²) >= 11 is 1.87. The van der Waals surface area contributed by atoms with Gasteiger partial charge in [0, 0.05) is 25.4 Å². The van der Waals surface area contributed by atoms with E-state index in [1.807, 2.05) is 16.7 Å². The maximum absolute atomic E-state index is 12.2. The quantitative estimate of drug-likeness (QED) is 0.839. The molecule has 0 aromatic rings. The Morgan fingerprint density at radius 1 is 1.29 bits per heavy atom. The molecule has 0 unspecified atom stereocenters. The number of amides is 2. The Labute approximate surface area is 130 Å². The van der Waals surface area contributed by atoms with Crippen LogP contribution in [0.25, 0.3) is 0 Å². The lowest BCUT2D eigenvalue weighted by atomic mass is 9.71. The minimum atomic E-state index is -0.763. The Morgan fingerprint density at radius 2 is 2.00 bits per heavy atom. The highest BCUT2D eigenvalue weighted by atomic mass is 32.2. The highest BCUT2D eigenvalue weighted by molar-refractivity contribution is 7.99. The van der Waals surface area contributed by atoms with E-state index in [1.54, 1.807) is 0 Å². The molecule has 2 aliphatic rings. The minimum absolute atomic E-state index is 0.100. The summed E-state index contributed by atoms with van der Waals surface area (Å²) in [6.07, 6.45) is 4.21. The van der Waals surface area contributed by atoms with Crippen LogP contribution in [0.15, 0.2) is 0 Å². The van der Waals surface area contributed by atoms with E-state index in [0.717, 1.165) is 43.9 Å². The van der Waals surface area contributed by atoms with Crippen molar-refractivity contribution in [2.24, 2.45) is 11.3 Å². The van der Waals surface area contributed by atoms with E-state index in [4.69, 9.17) is 0 Å². The van der Waals surface area contributed by atoms with E-state index in [1.165, 1.54) is 0 Å². The summed E-state index contributed by atoms with van der Waals surface area (Å²) in [5.74, 6) is 1.90. The van der Waals surface area contributed by atoms with Crippen molar-refractivity contribution in [3.05, 3.63) is 0 Å². The van der Waals surface area contributed by atoms with Crippen LogP contribution in [-0.2, 0) is 4.79 Å². The first-order chi connectivity index (χ1) is 10.0. The standard InChI is InChI=1S/C15H26N2O3S/c1-12-3-5-15(6-4-12,13(18)19)11-16-14(20)17-7-2-9-21-10-8-17/h12H,2-11H2,1H3,(H,16,20)(H,18,19). The van der Waals surface area contributed by atoms with Crippen LogP contribution in [0.3, 0.4) is 0 Å². The molecule has 1 saturated heterocycles. The average Bonchev–Trinajstić information content (AvgIpc) is 2.75. The molecule has 2 N–H and O–H groups in total. The molecule has 2 rings (SSSR count). The van der Waals surface area contributed by atoms with Crippen LogP contribution in [0.5, 0.6) is 0 Å². The summed E-state index contributed by atoms with van der Waals surface area (Å²) < 4.78 is 0. The van der Waals surface area contributed by atoms with Gasteiger partial charge in [-0.2, -0.15) is 11.8 Å². The third-order valence-electron chi connectivity index (χ3n) is 4.77. The highest BCUT2D eigenvalue weighted by Crippen LogP contribution is 2.38. The van der Waals surface area contributed by atoms with E-state index in [0.29, 0.717) is 18.8 Å². The van der Waals surface area contributed by atoms with Gasteiger partial charge < -0.3 is 15.3 Å². The molecule has 1 aliphatic heterocycles. The Kier molecular flexibility index (Phi) is 5.79. The summed E-state index contributed by atoms with van der Waals surface area (Å²) in [4.78, 5) is 25.7. The van der Waals surface area contributed by atoms with Gasteiger partial charge in [-0.25, -0.2) is 4.79 Å². The Balaban J connectivity index is 1.89. The average molecular weight is 314 g/mol. The van der Waals surface area contributed by atoms with Crippen LogP contribution < -0.4 is 5.32 Å². The molecule has 5 nitrogen and oxygen atoms in total. The van der Waals surface area contributed by atoms with Crippen LogP contribution in [0.4, 0.5) is 4.79 Å². The van der Waals surface area contributed by atoms with Crippen molar-refractivity contribution < 1.29 is 14.7 Å². The number of rotatable bonds is 3. The first-order valence-corrected chi connectivity index (χ1v) is 9.03. The molecular formula is C15H26N2O3S. The fourth-order valence-electron chi connectivity index (χ4n) is 3.09. The van der Waals surface area contributed by atoms with Crippen LogP contribution in [0.2, 0.25) is 0 Å². The van der Waals surface area contributed by atoms with E-state index in [2.05, 4.69) is 12.2 Å². The summed E-state index contributed by atoms with van der Waals surface area (Å²) in [5.41, 5.74) is -0.761. The number of carbonyl (C=O) groups excluding carboxylic acids is 1. The summed E-state index contributed by atoms with van der Waals surface area (Å²) in [7, 11) is 0. The van der Waals surface area contributed by atoms with Gasteiger partial charge in [0.05, 0.1) is 5.41 Å². The number of carbonyl (C=O) groups is 2. The fraction of sp³-hybridized carbons (Fsp3) is 0.867. The molecule has 1 saturated carbocycles. The maximum Gasteiger partial charge on any atom is 0.317 e. The third kappa shape index (κ3) is 4.28. The lowest BCUT2D eigenvalue weighted by Gasteiger charge is -2.36. The minimum Gasteiger partial charge on any atom is -0.481 e. The SMILES string of the molecule is CC1CCC(CNC(=O)N2CCCSCC2)(C(=O)O)CC1. The van der Waals surface area contributed by atoms with Gasteiger partial charge in [0.15, 0.2) is 0 Å². The first kappa shape index (κ1) is 16.5. The van der Waals surface area contributed by atoms with Crippen LogP contribution in [-0.4, -0.2) is 53.1 Å². The normalized spacial score (nSPS) is 30.5. The number of hydrogen-bond acceptors (Lipinski definition) is 3. The molecule has 0 aromatic carbocycles. The van der Waals surface area contributed by atoms with Crippen LogP contribution in [0, 0.1) is 11.3 Å². The second-order valence-electron chi connectivity index (χ2n) is 6.38. The second-order valence-corrected chi connectivity index (χ2v) is 7.60. The smallest absolute Gasteiger partial charge is 0.317 e. The van der Waals surface area contributed by atoms with E-state index in [-0.39, 0.29) is 12.6 Å². The summed E-state index contributed by atoms with van der Waals surface area (Å²) in [5, 5.41) is 12.5. The van der Waals surface area contributed by atoms with Gasteiger partial charge in [-0.05, 0) is 43.8 Å². The number of carboxylic acid groups (broad SMARTS) is 1. The lowest BCUT2D eigenvalue weighted by molar-refractivity contribution is -0.151. The molecule has 0 aromatic heterocycles. The van der Waals surface area contributed by atoms with Gasteiger partial charge in [-0.15, -0.1) is 0 Å². The number of urea groups is 1. The lowest BCUT2D eigenvalue weighted by Crippen LogP contribution is -2.49. The molecule has 1 heterocycles. The Bertz CT molecular complexity index is 373. The fourth-order valence-corrected chi connectivity index (χ4v) is 3.97. The third-order valence-corrected chi connectivity index (χ3v) is 5.82. The number of hydrogen-bond donors (Lipinski definition) is 2. The molecule has 6 heteroatoms. The topological polar surface area (TPSA) is 69.6 Å². The highest BCUT2D eigenvalue weighted by Gasteiger charge is 2.41. The van der Waals surface area contributed by atoms with E-state index < -0.39 is 11.4 Å². The van der Waals surface area contributed by atoms with Crippen molar-refractivity contribution in [2.75, 3.05) is 31.1 Å². The molecule has 1 aliphatic carbocycles. The maximum atomic E-state index is 12.2. The molecule has 0 radical (unpaired) electrons. The number of carboxylic acids is 1. The Hall–Kier alpha value is -0.910. The zero-order valence-corrected chi connectivity index (χ0v) is 13.6. The van der Waals surface area contributed by atoms with Crippen LogP contribution in [0.1, 0.15) is 39.0 Å². The predicted octanol–water partition coefficient (Wildman–Crippen LogP) is 2.42. The molecule has 2 fully saturated rings. The van der Waals surface area contributed by atoms with Crippen molar-refractivity contribution in [2.45, 2.75) is 39.0 Å². The van der Waals surface area contributed by atoms with Gasteiger partial charge in [-0.3, -0.25) is 4.79 Å². The zero-order chi connectivity index (χ0) is 15.3. The molecule has 2 amide bonds. The molecular weight excluding hydrogens is 288 g/mol. The van der Waals surface area contributed by atoms with Crippen molar-refractivity contribution in [3.63, 3.8) is 0 Å². The van der Waals surface area contributed by atoms with Crippen molar-refractivity contribution in [1.82, 2.24) is 10.2 Å². The zero-order valence-electron chi connectivity index (χ0n) is 12.8. The largest absolute Gasteiger partial charge is 0.481 e. The van der Waals surface area contributed by atoms with Crippen molar-refractivity contribution in [3.8, 4) is 0 Å². The number of nitrogens with one attached hydrogen (secondary N) is 1. The molecule has 0 atom stereocenters. The first-order valence-electron chi connectivity index (χ1n) is 7.87. The number of aliphatic carboxylic acids is 1. The summed E-state index contributed by atoms with van der Waals surface area (Å²) in [6.45, 7) is 3.96. The van der Waals surface area contributed by atoms with Gasteiger partial charge in [0.2, 0.25) is 0 Å². The monoisotopic (exact) mass is 314 g/mol. The molecule has 0 spiro atoms. The number of thioether (sulfide) groups is 1. The molecule has 0 bridgehead atoms. The van der Waals surface area contributed by atoms with Crippen molar-refractivity contribution in [1.29, 1.82) is 0 Å². The second kappa shape index (κ2) is 7.38. The predicted molar refractivity (Wildman–Crippen MR) is 84.6 cm³/mol. The van der Waals surface area contributed by atoms with Crippen molar-refractivity contribution >= 4 is 23.8 Å². The van der Waals surface area contributed by atoms with Crippen LogP contribution >= 0.6 is 11.8 Å². The summed E-state index contributed by atoms with van der Waals surface area (Å²) in [6, 6.07) is -0.100. The van der Waals surface area contributed by atoms with Gasteiger partial charge >= 0.3 is 12.0 Å². The molecule has 120 valence electrons. The van der Waals surface area contributed by atoms with Gasteiger partial charge in [-0.1, -0.05) is 6.92 Å². The Morgan fingerprint density at radius 3 is 2.67 bits per heavy atom. The van der Waals surface area contributed by atoms with Gasteiger partial charge in [0.25, 0.3) is 0 Å².